The molecule has 5 heteroatoms. The lowest BCUT2D eigenvalue weighted by Crippen LogP contribution is -2.30. The molecule has 1 aromatic heterocycles. The summed E-state index contributed by atoms with van der Waals surface area (Å²) in [6.45, 7) is 4.45. The zero-order chi connectivity index (χ0) is 18.5. The van der Waals surface area contributed by atoms with Crippen LogP contribution in [0.1, 0.15) is 28.4 Å². The Hall–Kier alpha value is -2.92. The molecule has 0 saturated carbocycles. The Bertz CT molecular complexity index is 868. The molecule has 0 aliphatic carbocycles. The maximum Gasteiger partial charge on any atom is 0.255 e. The minimum atomic E-state index is -0.596. The van der Waals surface area contributed by atoms with E-state index < -0.39 is 6.10 Å². The minimum absolute atomic E-state index is 0.204. The first kappa shape index (κ1) is 17.9. The van der Waals surface area contributed by atoms with Crippen molar-refractivity contribution in [2.45, 2.75) is 26.5 Å². The molecule has 26 heavy (non-hydrogen) atoms. The van der Waals surface area contributed by atoms with Crippen molar-refractivity contribution in [3.8, 4) is 11.3 Å². The zero-order valence-electron chi connectivity index (χ0n) is 15.0. The number of aliphatic hydroxyl groups is 1. The van der Waals surface area contributed by atoms with E-state index in [1.54, 1.807) is 17.8 Å². The summed E-state index contributed by atoms with van der Waals surface area (Å²) in [4.78, 5) is 12.6. The number of hydrogen-bond acceptors (Lipinski definition) is 3. The number of benzene rings is 2. The molecule has 1 atom stereocenters. The Labute approximate surface area is 153 Å². The SMILES string of the molecule is Cc1ccc(-c2nn(Cc3ccccc3)cc2C(=O)NCC(C)O)cc1. The van der Waals surface area contributed by atoms with Crippen LogP contribution in [0.5, 0.6) is 0 Å². The third kappa shape index (κ3) is 4.37. The lowest BCUT2D eigenvalue weighted by Gasteiger charge is -2.07. The van der Waals surface area contributed by atoms with Crippen LogP contribution in [-0.2, 0) is 6.54 Å². The fourth-order valence-electron chi connectivity index (χ4n) is 2.70. The molecule has 2 aromatic carbocycles. The first-order chi connectivity index (χ1) is 12.5. The molecule has 0 spiro atoms. The Kier molecular flexibility index (Phi) is 5.49. The van der Waals surface area contributed by atoms with Crippen LogP contribution in [0.2, 0.25) is 0 Å². The van der Waals surface area contributed by atoms with E-state index >= 15 is 0 Å². The van der Waals surface area contributed by atoms with E-state index in [-0.39, 0.29) is 12.5 Å². The maximum absolute atomic E-state index is 12.6. The number of nitrogens with zero attached hydrogens (tertiary/aromatic N) is 2. The average Bonchev–Trinajstić information content (AvgIpc) is 3.05. The minimum Gasteiger partial charge on any atom is -0.392 e. The van der Waals surface area contributed by atoms with E-state index in [4.69, 9.17) is 0 Å². The van der Waals surface area contributed by atoms with Gasteiger partial charge in [0.2, 0.25) is 0 Å². The standard InChI is InChI=1S/C21H23N3O2/c1-15-8-10-18(11-9-15)20-19(21(26)22-12-16(2)25)14-24(23-20)13-17-6-4-3-5-7-17/h3-11,14,16,25H,12-13H2,1-2H3,(H,22,26). The largest absolute Gasteiger partial charge is 0.392 e. The topological polar surface area (TPSA) is 67.2 Å². The second-order valence-corrected chi connectivity index (χ2v) is 6.50. The second-order valence-electron chi connectivity index (χ2n) is 6.50. The zero-order valence-corrected chi connectivity index (χ0v) is 15.0. The van der Waals surface area contributed by atoms with Crippen LogP contribution in [0, 0.1) is 6.92 Å². The second kappa shape index (κ2) is 7.97. The molecule has 2 N–H and O–H groups in total. The van der Waals surface area contributed by atoms with Gasteiger partial charge in [0.1, 0.15) is 5.69 Å². The van der Waals surface area contributed by atoms with Crippen LogP contribution in [0.25, 0.3) is 11.3 Å². The van der Waals surface area contributed by atoms with E-state index in [1.807, 2.05) is 61.5 Å². The lowest BCUT2D eigenvalue weighted by molar-refractivity contribution is 0.0924. The molecule has 5 nitrogen and oxygen atoms in total. The van der Waals surface area contributed by atoms with Gasteiger partial charge in [0.25, 0.3) is 5.91 Å². The number of hydrogen-bond donors (Lipinski definition) is 2. The van der Waals surface area contributed by atoms with E-state index in [0.29, 0.717) is 17.8 Å². The van der Waals surface area contributed by atoms with Crippen LogP contribution in [-0.4, -0.2) is 33.4 Å². The average molecular weight is 349 g/mol. The highest BCUT2D eigenvalue weighted by atomic mass is 16.3. The van der Waals surface area contributed by atoms with E-state index in [0.717, 1.165) is 16.7 Å². The normalized spacial score (nSPS) is 12.0. The molecular formula is C21H23N3O2. The van der Waals surface area contributed by atoms with E-state index in [9.17, 15) is 9.90 Å². The molecule has 0 radical (unpaired) electrons. The molecule has 1 amide bonds. The summed E-state index contributed by atoms with van der Waals surface area (Å²) in [5, 5.41) is 16.8. The summed E-state index contributed by atoms with van der Waals surface area (Å²) in [5.74, 6) is -0.235. The van der Waals surface area contributed by atoms with Crippen LogP contribution in [0.4, 0.5) is 0 Å². The van der Waals surface area contributed by atoms with Gasteiger partial charge < -0.3 is 10.4 Å². The van der Waals surface area contributed by atoms with Crippen LogP contribution >= 0.6 is 0 Å². The van der Waals surface area contributed by atoms with Crippen molar-refractivity contribution in [3.63, 3.8) is 0 Å². The van der Waals surface area contributed by atoms with Gasteiger partial charge in [-0.15, -0.1) is 0 Å². The highest BCUT2D eigenvalue weighted by Crippen LogP contribution is 2.23. The van der Waals surface area contributed by atoms with E-state index in [1.165, 1.54) is 0 Å². The van der Waals surface area contributed by atoms with Gasteiger partial charge in [-0.3, -0.25) is 9.48 Å². The van der Waals surface area contributed by atoms with Gasteiger partial charge >= 0.3 is 0 Å². The molecule has 0 aliphatic heterocycles. The third-order valence-corrected chi connectivity index (χ3v) is 4.08. The third-order valence-electron chi connectivity index (χ3n) is 4.08. The number of amides is 1. The van der Waals surface area contributed by atoms with Crippen molar-refractivity contribution in [2.24, 2.45) is 0 Å². The summed E-state index contributed by atoms with van der Waals surface area (Å²) in [7, 11) is 0. The van der Waals surface area contributed by atoms with Crippen molar-refractivity contribution in [3.05, 3.63) is 77.5 Å². The number of aliphatic hydroxyl groups excluding tert-OH is 1. The number of aromatic nitrogens is 2. The van der Waals surface area contributed by atoms with Crippen LogP contribution < -0.4 is 5.32 Å². The van der Waals surface area contributed by atoms with Crippen molar-refractivity contribution in [2.75, 3.05) is 6.54 Å². The van der Waals surface area contributed by atoms with Gasteiger partial charge in [-0.2, -0.15) is 5.10 Å². The quantitative estimate of drug-likeness (QED) is 0.719. The molecule has 1 heterocycles. The molecule has 3 rings (SSSR count). The van der Waals surface area contributed by atoms with Gasteiger partial charge in [-0.25, -0.2) is 0 Å². The number of rotatable bonds is 6. The summed E-state index contributed by atoms with van der Waals surface area (Å²) >= 11 is 0. The van der Waals surface area contributed by atoms with Crippen molar-refractivity contribution < 1.29 is 9.90 Å². The number of carbonyl (C=O) groups is 1. The molecule has 134 valence electrons. The lowest BCUT2D eigenvalue weighted by atomic mass is 10.1. The molecular weight excluding hydrogens is 326 g/mol. The van der Waals surface area contributed by atoms with Crippen molar-refractivity contribution in [1.82, 2.24) is 15.1 Å². The summed E-state index contributed by atoms with van der Waals surface area (Å²) < 4.78 is 1.78. The Morgan fingerprint density at radius 2 is 1.85 bits per heavy atom. The predicted molar refractivity (Wildman–Crippen MR) is 102 cm³/mol. The van der Waals surface area contributed by atoms with Crippen LogP contribution in [0.15, 0.2) is 60.8 Å². The Balaban J connectivity index is 1.94. The smallest absolute Gasteiger partial charge is 0.255 e. The van der Waals surface area contributed by atoms with Gasteiger partial charge in [-0.1, -0.05) is 60.2 Å². The summed E-state index contributed by atoms with van der Waals surface area (Å²) in [5.41, 5.74) is 4.30. The summed E-state index contributed by atoms with van der Waals surface area (Å²) in [6.07, 6.45) is 1.17. The number of aryl methyl sites for hydroxylation is 1. The van der Waals surface area contributed by atoms with Crippen LogP contribution in [0.3, 0.4) is 0 Å². The first-order valence-electron chi connectivity index (χ1n) is 8.67. The highest BCUT2D eigenvalue weighted by molar-refractivity contribution is 5.99. The van der Waals surface area contributed by atoms with E-state index in [2.05, 4.69) is 10.4 Å². The van der Waals surface area contributed by atoms with Crippen molar-refractivity contribution in [1.29, 1.82) is 0 Å². The first-order valence-corrected chi connectivity index (χ1v) is 8.67. The fourth-order valence-corrected chi connectivity index (χ4v) is 2.70. The van der Waals surface area contributed by atoms with Crippen molar-refractivity contribution >= 4 is 5.91 Å². The number of nitrogens with one attached hydrogen (secondary N) is 1. The fraction of sp³-hybridized carbons (Fsp3) is 0.238. The highest BCUT2D eigenvalue weighted by Gasteiger charge is 2.18. The maximum atomic E-state index is 12.6. The van der Waals surface area contributed by atoms with Gasteiger partial charge in [0.15, 0.2) is 0 Å². The molecule has 0 bridgehead atoms. The summed E-state index contributed by atoms with van der Waals surface area (Å²) in [6, 6.07) is 17.9. The molecule has 0 aliphatic rings. The van der Waals surface area contributed by atoms with Gasteiger partial charge in [0.05, 0.1) is 18.2 Å². The Morgan fingerprint density at radius 3 is 2.50 bits per heavy atom. The molecule has 0 fully saturated rings. The van der Waals surface area contributed by atoms with Gasteiger partial charge in [-0.05, 0) is 19.4 Å². The number of carbonyl (C=O) groups excluding carboxylic acids is 1. The molecule has 1 unspecified atom stereocenters. The molecule has 3 aromatic rings. The van der Waals surface area contributed by atoms with Gasteiger partial charge in [0, 0.05) is 18.3 Å². The molecule has 0 saturated heterocycles. The Morgan fingerprint density at radius 1 is 1.15 bits per heavy atom. The predicted octanol–water partition coefficient (Wildman–Crippen LogP) is 3.02. The monoisotopic (exact) mass is 349 g/mol.